The van der Waals surface area contributed by atoms with Gasteiger partial charge in [0.2, 0.25) is 0 Å². The standard InChI is InChI=1S/C26H18F3NO3/c27-26(28,29)19-12-11-17(18(14-19)15-31)6-5-13-30-25(32)33-16-24-22-9-3-1-7-20(22)21-8-2-4-10-23(21)24/h1-4,7-12,14-15,24H,13,16H2,(H,30,32). The predicted molar refractivity (Wildman–Crippen MR) is 117 cm³/mol. The molecule has 33 heavy (non-hydrogen) atoms. The summed E-state index contributed by atoms with van der Waals surface area (Å²) >= 11 is 0. The number of carbonyl (C=O) groups excluding carboxylic acids is 2. The second-order valence-electron chi connectivity index (χ2n) is 7.40. The fourth-order valence-electron chi connectivity index (χ4n) is 3.86. The number of aldehydes is 1. The average Bonchev–Trinajstić information content (AvgIpc) is 3.13. The van der Waals surface area contributed by atoms with Gasteiger partial charge in [-0.1, -0.05) is 60.4 Å². The van der Waals surface area contributed by atoms with Crippen LogP contribution in [0.4, 0.5) is 18.0 Å². The zero-order chi connectivity index (χ0) is 23.4. The quantitative estimate of drug-likeness (QED) is 0.428. The van der Waals surface area contributed by atoms with Gasteiger partial charge in [0, 0.05) is 17.0 Å². The van der Waals surface area contributed by atoms with Gasteiger partial charge in [0.05, 0.1) is 12.1 Å². The van der Waals surface area contributed by atoms with E-state index in [2.05, 4.69) is 17.2 Å². The van der Waals surface area contributed by atoms with Gasteiger partial charge in [0.15, 0.2) is 6.29 Å². The van der Waals surface area contributed by atoms with E-state index >= 15 is 0 Å². The monoisotopic (exact) mass is 449 g/mol. The third-order valence-corrected chi connectivity index (χ3v) is 5.39. The molecule has 1 amide bonds. The van der Waals surface area contributed by atoms with Gasteiger partial charge >= 0.3 is 12.3 Å². The molecule has 0 atom stereocenters. The van der Waals surface area contributed by atoms with Crippen LogP contribution in [0.5, 0.6) is 0 Å². The molecule has 4 rings (SSSR count). The highest BCUT2D eigenvalue weighted by Crippen LogP contribution is 2.44. The lowest BCUT2D eigenvalue weighted by Crippen LogP contribution is -2.26. The van der Waals surface area contributed by atoms with Crippen molar-refractivity contribution in [2.45, 2.75) is 12.1 Å². The van der Waals surface area contributed by atoms with Crippen LogP contribution in [0, 0.1) is 11.8 Å². The number of rotatable bonds is 4. The second kappa shape index (κ2) is 9.21. The summed E-state index contributed by atoms with van der Waals surface area (Å²) in [4.78, 5) is 23.2. The van der Waals surface area contributed by atoms with E-state index in [4.69, 9.17) is 4.74 Å². The maximum absolute atomic E-state index is 12.8. The minimum absolute atomic E-state index is 0.0727. The van der Waals surface area contributed by atoms with E-state index in [1.165, 1.54) is 0 Å². The van der Waals surface area contributed by atoms with Gasteiger partial charge in [-0.3, -0.25) is 4.79 Å². The zero-order valence-corrected chi connectivity index (χ0v) is 17.3. The molecule has 4 nitrogen and oxygen atoms in total. The first kappa shape index (κ1) is 22.2. The molecule has 0 unspecified atom stereocenters. The molecule has 0 aliphatic heterocycles. The fraction of sp³-hybridized carbons (Fsp3) is 0.154. The number of hydrogen-bond donors (Lipinski definition) is 1. The summed E-state index contributed by atoms with van der Waals surface area (Å²) in [5.41, 5.74) is 3.48. The number of alkyl halides is 3. The molecule has 1 aliphatic carbocycles. The van der Waals surface area contributed by atoms with E-state index in [0.717, 1.165) is 40.5 Å². The van der Waals surface area contributed by atoms with Crippen LogP contribution in [0.2, 0.25) is 0 Å². The lowest BCUT2D eigenvalue weighted by molar-refractivity contribution is -0.137. The number of benzene rings is 3. The smallest absolute Gasteiger partial charge is 0.416 e. The normalized spacial score (nSPS) is 12.2. The van der Waals surface area contributed by atoms with Crippen LogP contribution in [0.15, 0.2) is 66.7 Å². The van der Waals surface area contributed by atoms with E-state index < -0.39 is 17.8 Å². The molecular weight excluding hydrogens is 431 g/mol. The SMILES string of the molecule is O=Cc1cc(C(F)(F)F)ccc1C#CCNC(=O)OCC1c2ccccc2-c2ccccc21. The molecule has 0 saturated heterocycles. The van der Waals surface area contributed by atoms with Gasteiger partial charge in [0.25, 0.3) is 0 Å². The third kappa shape index (κ3) is 4.75. The van der Waals surface area contributed by atoms with Crippen LogP contribution in [0.3, 0.4) is 0 Å². The second-order valence-corrected chi connectivity index (χ2v) is 7.40. The van der Waals surface area contributed by atoms with Gasteiger partial charge < -0.3 is 10.1 Å². The van der Waals surface area contributed by atoms with Crippen molar-refractivity contribution in [2.75, 3.05) is 13.2 Å². The van der Waals surface area contributed by atoms with Crippen molar-refractivity contribution in [2.24, 2.45) is 0 Å². The lowest BCUT2D eigenvalue weighted by Gasteiger charge is -2.14. The van der Waals surface area contributed by atoms with Crippen molar-refractivity contribution in [3.05, 3.63) is 94.5 Å². The first-order valence-corrected chi connectivity index (χ1v) is 10.1. The number of amides is 1. The highest BCUT2D eigenvalue weighted by atomic mass is 19.4. The number of hydrogen-bond acceptors (Lipinski definition) is 3. The minimum Gasteiger partial charge on any atom is -0.449 e. The van der Waals surface area contributed by atoms with Crippen molar-refractivity contribution < 1.29 is 27.5 Å². The largest absolute Gasteiger partial charge is 0.449 e. The highest BCUT2D eigenvalue weighted by molar-refractivity contribution is 5.80. The summed E-state index contributed by atoms with van der Waals surface area (Å²) in [7, 11) is 0. The first-order valence-electron chi connectivity index (χ1n) is 10.1. The minimum atomic E-state index is -4.55. The van der Waals surface area contributed by atoms with Crippen molar-refractivity contribution >= 4 is 12.4 Å². The van der Waals surface area contributed by atoms with Crippen LogP contribution in [0.25, 0.3) is 11.1 Å². The van der Waals surface area contributed by atoms with Gasteiger partial charge in [-0.05, 0) is 40.5 Å². The maximum atomic E-state index is 12.8. The third-order valence-electron chi connectivity index (χ3n) is 5.39. The summed E-state index contributed by atoms with van der Waals surface area (Å²) in [5, 5.41) is 2.49. The van der Waals surface area contributed by atoms with E-state index in [1.54, 1.807) is 0 Å². The Morgan fingerprint density at radius 3 is 2.24 bits per heavy atom. The van der Waals surface area contributed by atoms with Crippen LogP contribution in [-0.4, -0.2) is 25.5 Å². The van der Waals surface area contributed by atoms with Crippen LogP contribution < -0.4 is 5.32 Å². The molecule has 0 saturated carbocycles. The summed E-state index contributed by atoms with van der Waals surface area (Å²) in [6.07, 6.45) is -4.89. The Morgan fingerprint density at radius 2 is 1.64 bits per heavy atom. The topological polar surface area (TPSA) is 55.4 Å². The Morgan fingerprint density at radius 1 is 1.00 bits per heavy atom. The number of ether oxygens (including phenoxy) is 1. The molecule has 0 heterocycles. The molecule has 0 spiro atoms. The molecule has 0 aromatic heterocycles. The number of carbonyl (C=O) groups is 2. The molecule has 1 aliphatic rings. The van der Waals surface area contributed by atoms with E-state index in [-0.39, 0.29) is 30.2 Å². The van der Waals surface area contributed by atoms with Crippen molar-refractivity contribution in [1.82, 2.24) is 5.32 Å². The fourth-order valence-corrected chi connectivity index (χ4v) is 3.86. The summed E-state index contributed by atoms with van der Waals surface area (Å²) in [5.74, 6) is 5.15. The highest BCUT2D eigenvalue weighted by Gasteiger charge is 2.31. The number of fused-ring (bicyclic) bond motifs is 3. The first-order chi connectivity index (χ1) is 15.9. The molecule has 166 valence electrons. The molecule has 3 aromatic carbocycles. The lowest BCUT2D eigenvalue weighted by atomic mass is 9.98. The van der Waals surface area contributed by atoms with E-state index in [9.17, 15) is 22.8 Å². The Labute approximate surface area is 188 Å². The number of halogens is 3. The van der Waals surface area contributed by atoms with Crippen LogP contribution in [-0.2, 0) is 10.9 Å². The predicted octanol–water partition coefficient (Wildman–Crippen LogP) is 5.41. The van der Waals surface area contributed by atoms with Crippen molar-refractivity contribution in [3.63, 3.8) is 0 Å². The Kier molecular flexibility index (Phi) is 6.18. The van der Waals surface area contributed by atoms with E-state index in [1.807, 2.05) is 48.5 Å². The Balaban J connectivity index is 1.36. The van der Waals surface area contributed by atoms with Crippen molar-refractivity contribution in [1.29, 1.82) is 0 Å². The molecule has 3 aromatic rings. The zero-order valence-electron chi connectivity index (χ0n) is 17.3. The van der Waals surface area contributed by atoms with Gasteiger partial charge in [-0.25, -0.2) is 4.79 Å². The van der Waals surface area contributed by atoms with Gasteiger partial charge in [0.1, 0.15) is 6.61 Å². The van der Waals surface area contributed by atoms with Gasteiger partial charge in [-0.2, -0.15) is 13.2 Å². The average molecular weight is 449 g/mol. The summed E-state index contributed by atoms with van der Waals surface area (Å²) in [6.45, 7) is 0.0669. The van der Waals surface area contributed by atoms with E-state index in [0.29, 0.717) is 6.29 Å². The summed E-state index contributed by atoms with van der Waals surface area (Å²) in [6, 6.07) is 18.7. The van der Waals surface area contributed by atoms with Crippen LogP contribution in [0.1, 0.15) is 38.5 Å². The Bertz CT molecular complexity index is 1230. The van der Waals surface area contributed by atoms with Gasteiger partial charge in [-0.15, -0.1) is 0 Å². The molecule has 7 heteroatoms. The summed E-state index contributed by atoms with van der Waals surface area (Å²) < 4.78 is 43.7. The number of alkyl carbamates (subject to hydrolysis) is 1. The molecular formula is C26H18F3NO3. The molecule has 1 N–H and O–H groups in total. The van der Waals surface area contributed by atoms with Crippen molar-refractivity contribution in [3.8, 4) is 23.0 Å². The molecule has 0 fully saturated rings. The maximum Gasteiger partial charge on any atom is 0.416 e. The molecule has 0 radical (unpaired) electrons. The van der Waals surface area contributed by atoms with Crippen LogP contribution >= 0.6 is 0 Å². The number of nitrogens with one attached hydrogen (secondary N) is 1. The Hall–Kier alpha value is -4.05. The molecule has 0 bridgehead atoms.